The number of carbonyl (C=O) groups excluding carboxylic acids is 2. The smallest absolute Gasteiger partial charge is 0.283 e. The van der Waals surface area contributed by atoms with Gasteiger partial charge in [0, 0.05) is 13.1 Å². The van der Waals surface area contributed by atoms with Crippen LogP contribution in [0.3, 0.4) is 0 Å². The second kappa shape index (κ2) is 8.58. The fourth-order valence-corrected chi connectivity index (χ4v) is 3.70. The quantitative estimate of drug-likeness (QED) is 0.394. The summed E-state index contributed by atoms with van der Waals surface area (Å²) in [6.07, 6.45) is 2.21. The van der Waals surface area contributed by atoms with Crippen LogP contribution in [0.4, 0.5) is 0 Å². The average molecular weight is 454 g/mol. The molecule has 0 aliphatic rings. The van der Waals surface area contributed by atoms with Crippen molar-refractivity contribution in [2.75, 3.05) is 0 Å². The van der Waals surface area contributed by atoms with Gasteiger partial charge in [-0.2, -0.15) is 0 Å². The van der Waals surface area contributed by atoms with E-state index in [2.05, 4.69) is 20.6 Å². The number of nitrogens with one attached hydrogen (secondary N) is 2. The molecule has 0 aliphatic heterocycles. The second-order valence-corrected chi connectivity index (χ2v) is 7.57. The number of fused-ring (bicyclic) bond motifs is 2. The van der Waals surface area contributed by atoms with Crippen molar-refractivity contribution in [1.82, 2.24) is 29.4 Å². The van der Waals surface area contributed by atoms with Crippen LogP contribution in [-0.4, -0.2) is 30.6 Å². The van der Waals surface area contributed by atoms with Crippen molar-refractivity contribution in [3.8, 4) is 0 Å². The van der Waals surface area contributed by atoms with Crippen molar-refractivity contribution >= 4 is 22.8 Å². The number of hydrogen-bond acceptors (Lipinski definition) is 6. The summed E-state index contributed by atoms with van der Waals surface area (Å²) in [4.78, 5) is 59.7. The number of hydrogen-bond donors (Lipinski definition) is 2. The van der Waals surface area contributed by atoms with Crippen molar-refractivity contribution < 1.29 is 9.59 Å². The minimum Gasteiger partial charge on any atom is -0.347 e. The van der Waals surface area contributed by atoms with Gasteiger partial charge in [-0.1, -0.05) is 60.7 Å². The van der Waals surface area contributed by atoms with E-state index < -0.39 is 22.9 Å². The summed E-state index contributed by atoms with van der Waals surface area (Å²) in [5.41, 5.74) is -0.331. The van der Waals surface area contributed by atoms with Gasteiger partial charge in [-0.25, -0.2) is 9.97 Å². The molecule has 10 heteroatoms. The molecule has 0 aliphatic carbocycles. The number of carbonyl (C=O) groups is 2. The van der Waals surface area contributed by atoms with E-state index in [-0.39, 0.29) is 35.5 Å². The molecule has 0 unspecified atom stereocenters. The summed E-state index contributed by atoms with van der Waals surface area (Å²) in [6.45, 7) is 0.465. The number of amides is 2. The first-order valence-corrected chi connectivity index (χ1v) is 10.4. The number of aromatic nitrogens is 4. The Hall–Kier alpha value is -4.86. The van der Waals surface area contributed by atoms with Gasteiger partial charge in [0.2, 0.25) is 0 Å². The molecule has 2 N–H and O–H groups in total. The van der Waals surface area contributed by atoms with Crippen LogP contribution < -0.4 is 21.8 Å². The van der Waals surface area contributed by atoms with Crippen molar-refractivity contribution in [1.29, 1.82) is 0 Å². The topological polar surface area (TPSA) is 127 Å². The van der Waals surface area contributed by atoms with Crippen LogP contribution in [0.25, 0.3) is 11.0 Å². The predicted molar refractivity (Wildman–Crippen MR) is 123 cm³/mol. The SMILES string of the molecule is O=C(NCc1ccccc1)c1ncn2c(=O)c3c(C(=O)NCc4ccccc4)ncn3c(=O)c12. The average Bonchev–Trinajstić information content (AvgIpc) is 3.52. The number of nitrogens with zero attached hydrogens (tertiary/aromatic N) is 4. The Morgan fingerprint density at radius 2 is 1.03 bits per heavy atom. The lowest BCUT2D eigenvalue weighted by Crippen LogP contribution is -2.30. The summed E-state index contributed by atoms with van der Waals surface area (Å²) in [6, 6.07) is 18.5. The highest BCUT2D eigenvalue weighted by Crippen LogP contribution is 2.09. The summed E-state index contributed by atoms with van der Waals surface area (Å²) in [5, 5.41) is 5.40. The van der Waals surface area contributed by atoms with Gasteiger partial charge in [0.05, 0.1) is 0 Å². The summed E-state index contributed by atoms with van der Waals surface area (Å²) in [7, 11) is 0. The van der Waals surface area contributed by atoms with E-state index in [1.54, 1.807) is 0 Å². The lowest BCUT2D eigenvalue weighted by atomic mass is 10.2. The zero-order chi connectivity index (χ0) is 23.7. The number of benzene rings is 2. The van der Waals surface area contributed by atoms with Crippen molar-refractivity contribution in [3.05, 3.63) is 117 Å². The fourth-order valence-electron chi connectivity index (χ4n) is 3.70. The molecule has 3 heterocycles. The lowest BCUT2D eigenvalue weighted by molar-refractivity contribution is 0.0940. The third kappa shape index (κ3) is 3.66. The second-order valence-electron chi connectivity index (χ2n) is 7.57. The van der Waals surface area contributed by atoms with Gasteiger partial charge < -0.3 is 10.6 Å². The van der Waals surface area contributed by atoms with E-state index >= 15 is 0 Å². The van der Waals surface area contributed by atoms with E-state index in [9.17, 15) is 19.2 Å². The maximum absolute atomic E-state index is 13.1. The first-order chi connectivity index (χ1) is 16.5. The Kier molecular flexibility index (Phi) is 5.30. The minimum absolute atomic E-state index is 0.177. The monoisotopic (exact) mass is 454 g/mol. The Morgan fingerprint density at radius 3 is 1.41 bits per heavy atom. The maximum atomic E-state index is 13.1. The molecular formula is C24H18N6O4. The summed E-state index contributed by atoms with van der Waals surface area (Å²) in [5.74, 6) is -1.19. The number of imidazole rings is 2. The van der Waals surface area contributed by atoms with Crippen LogP contribution in [0.15, 0.2) is 82.9 Å². The molecule has 168 valence electrons. The van der Waals surface area contributed by atoms with Crippen LogP contribution in [0.1, 0.15) is 32.1 Å². The van der Waals surface area contributed by atoms with Gasteiger partial charge in [-0.05, 0) is 11.1 Å². The summed E-state index contributed by atoms with van der Waals surface area (Å²) < 4.78 is 1.95. The Balaban J connectivity index is 1.47. The fraction of sp³-hybridized carbons (Fsp3) is 0.0833. The van der Waals surface area contributed by atoms with Gasteiger partial charge in [-0.15, -0.1) is 0 Å². The van der Waals surface area contributed by atoms with Crippen LogP contribution >= 0.6 is 0 Å². The molecule has 5 rings (SSSR count). The molecule has 0 fully saturated rings. The zero-order valence-corrected chi connectivity index (χ0v) is 17.8. The Morgan fingerprint density at radius 1 is 0.647 bits per heavy atom. The molecule has 0 bridgehead atoms. The van der Waals surface area contributed by atoms with E-state index in [4.69, 9.17) is 0 Å². The molecule has 3 aromatic heterocycles. The standard InChI is InChI=1S/C24H18N6O4/c31-21(25-11-15-7-3-1-4-8-15)17-19-23(33)30-14-28-18(20(30)24(34)29(19)13-27-17)22(32)26-12-16-9-5-2-6-10-16/h1-10,13-14H,11-12H2,(H,25,31)(H,26,32). The van der Waals surface area contributed by atoms with Crippen LogP contribution in [0.5, 0.6) is 0 Å². The first-order valence-electron chi connectivity index (χ1n) is 10.4. The van der Waals surface area contributed by atoms with Crippen molar-refractivity contribution in [2.45, 2.75) is 13.1 Å². The molecule has 0 saturated heterocycles. The molecule has 0 atom stereocenters. The van der Waals surface area contributed by atoms with Crippen LogP contribution in [-0.2, 0) is 13.1 Å². The number of rotatable bonds is 6. The highest BCUT2D eigenvalue weighted by atomic mass is 16.2. The van der Waals surface area contributed by atoms with Gasteiger partial charge in [0.15, 0.2) is 11.4 Å². The van der Waals surface area contributed by atoms with E-state index in [1.165, 1.54) is 0 Å². The molecule has 0 spiro atoms. The van der Waals surface area contributed by atoms with E-state index in [1.807, 2.05) is 60.7 Å². The normalized spacial score (nSPS) is 11.1. The molecule has 2 amide bonds. The molecular weight excluding hydrogens is 436 g/mol. The minimum atomic E-state index is -0.674. The van der Waals surface area contributed by atoms with Crippen LogP contribution in [0.2, 0.25) is 0 Å². The zero-order valence-electron chi connectivity index (χ0n) is 17.8. The predicted octanol–water partition coefficient (Wildman–Crippen LogP) is 1.00. The largest absolute Gasteiger partial charge is 0.347 e. The maximum Gasteiger partial charge on any atom is 0.283 e. The van der Waals surface area contributed by atoms with Gasteiger partial charge >= 0.3 is 0 Å². The Labute approximate surface area is 191 Å². The lowest BCUT2D eigenvalue weighted by Gasteiger charge is -2.05. The molecule has 2 aromatic carbocycles. The van der Waals surface area contributed by atoms with E-state index in [0.29, 0.717) is 0 Å². The molecule has 0 radical (unpaired) electrons. The van der Waals surface area contributed by atoms with Gasteiger partial charge in [0.25, 0.3) is 22.9 Å². The van der Waals surface area contributed by atoms with E-state index in [0.717, 1.165) is 32.6 Å². The van der Waals surface area contributed by atoms with Crippen LogP contribution in [0, 0.1) is 0 Å². The molecule has 34 heavy (non-hydrogen) atoms. The van der Waals surface area contributed by atoms with Gasteiger partial charge in [-0.3, -0.25) is 28.0 Å². The molecule has 5 aromatic rings. The third-order valence-corrected chi connectivity index (χ3v) is 5.40. The highest BCUT2D eigenvalue weighted by molar-refractivity contribution is 6.00. The van der Waals surface area contributed by atoms with Crippen molar-refractivity contribution in [2.24, 2.45) is 0 Å². The highest BCUT2D eigenvalue weighted by Gasteiger charge is 2.24. The van der Waals surface area contributed by atoms with Gasteiger partial charge in [0.1, 0.15) is 23.7 Å². The Bertz CT molecular complexity index is 1500. The summed E-state index contributed by atoms with van der Waals surface area (Å²) >= 11 is 0. The third-order valence-electron chi connectivity index (χ3n) is 5.40. The molecule has 10 nitrogen and oxygen atoms in total. The van der Waals surface area contributed by atoms with Crippen molar-refractivity contribution in [3.63, 3.8) is 0 Å². The first kappa shape index (κ1) is 21.0. The molecule has 0 saturated carbocycles.